The monoisotopic (exact) mass is 396 g/mol. The fourth-order valence-corrected chi connectivity index (χ4v) is 3.32. The van der Waals surface area contributed by atoms with Gasteiger partial charge in [0, 0.05) is 36.1 Å². The Bertz CT molecular complexity index is 1080. The van der Waals surface area contributed by atoms with Gasteiger partial charge in [0.25, 0.3) is 0 Å². The van der Waals surface area contributed by atoms with Crippen molar-refractivity contribution in [2.45, 2.75) is 19.6 Å². The molecule has 0 fully saturated rings. The van der Waals surface area contributed by atoms with Gasteiger partial charge in [0.2, 0.25) is 5.91 Å². The highest BCUT2D eigenvalue weighted by atomic mass is 16.2. The molecular formula is C25H24N4O. The number of nitrogens with one attached hydrogen (secondary N) is 2. The Hall–Kier alpha value is -3.70. The van der Waals surface area contributed by atoms with E-state index in [-0.39, 0.29) is 12.5 Å². The van der Waals surface area contributed by atoms with Crippen LogP contribution in [0.15, 0.2) is 97.2 Å². The van der Waals surface area contributed by atoms with E-state index in [1.807, 2.05) is 85.1 Å². The SMILES string of the molecule is O=C(Cn1cc(CNCc2ccccc2)c(-c2ccccc2)n1)Nc1ccccc1. The van der Waals surface area contributed by atoms with Crippen LogP contribution in [0.1, 0.15) is 11.1 Å². The van der Waals surface area contributed by atoms with Crippen LogP contribution in [0.25, 0.3) is 11.3 Å². The molecule has 0 aliphatic rings. The van der Waals surface area contributed by atoms with Crippen LogP contribution in [0, 0.1) is 0 Å². The maximum absolute atomic E-state index is 12.5. The van der Waals surface area contributed by atoms with Gasteiger partial charge < -0.3 is 10.6 Å². The van der Waals surface area contributed by atoms with Crippen molar-refractivity contribution >= 4 is 11.6 Å². The molecule has 4 aromatic rings. The Balaban J connectivity index is 1.48. The molecule has 0 unspecified atom stereocenters. The number of carbonyl (C=O) groups excluding carboxylic acids is 1. The molecule has 5 nitrogen and oxygen atoms in total. The Kier molecular flexibility index (Phi) is 6.32. The molecule has 4 rings (SSSR count). The highest BCUT2D eigenvalue weighted by molar-refractivity contribution is 5.90. The van der Waals surface area contributed by atoms with Gasteiger partial charge in [-0.25, -0.2) is 0 Å². The van der Waals surface area contributed by atoms with Gasteiger partial charge in [-0.1, -0.05) is 78.9 Å². The van der Waals surface area contributed by atoms with Crippen molar-refractivity contribution in [1.29, 1.82) is 0 Å². The number of carbonyl (C=O) groups is 1. The number of nitrogens with zero attached hydrogens (tertiary/aromatic N) is 2. The van der Waals surface area contributed by atoms with E-state index in [2.05, 4.69) is 22.8 Å². The summed E-state index contributed by atoms with van der Waals surface area (Å²) in [5.74, 6) is -0.105. The zero-order chi connectivity index (χ0) is 20.6. The predicted octanol–water partition coefficient (Wildman–Crippen LogP) is 4.48. The second-order valence-corrected chi connectivity index (χ2v) is 7.07. The molecular weight excluding hydrogens is 372 g/mol. The summed E-state index contributed by atoms with van der Waals surface area (Å²) in [5, 5.41) is 11.1. The molecule has 1 aromatic heterocycles. The normalized spacial score (nSPS) is 10.7. The minimum Gasteiger partial charge on any atom is -0.324 e. The average molecular weight is 396 g/mol. The van der Waals surface area contributed by atoms with E-state index in [1.165, 1.54) is 5.56 Å². The fourth-order valence-electron chi connectivity index (χ4n) is 3.32. The van der Waals surface area contributed by atoms with Gasteiger partial charge in [0.15, 0.2) is 0 Å². The maximum Gasteiger partial charge on any atom is 0.246 e. The molecule has 0 aliphatic carbocycles. The van der Waals surface area contributed by atoms with Crippen LogP contribution < -0.4 is 10.6 Å². The lowest BCUT2D eigenvalue weighted by Crippen LogP contribution is -2.19. The van der Waals surface area contributed by atoms with Crippen molar-refractivity contribution in [2.75, 3.05) is 5.32 Å². The first-order valence-electron chi connectivity index (χ1n) is 9.99. The van der Waals surface area contributed by atoms with Crippen LogP contribution in [-0.2, 0) is 24.4 Å². The minimum atomic E-state index is -0.105. The van der Waals surface area contributed by atoms with Crippen molar-refractivity contribution in [2.24, 2.45) is 0 Å². The quantitative estimate of drug-likeness (QED) is 0.462. The molecule has 1 amide bonds. The summed E-state index contributed by atoms with van der Waals surface area (Å²) in [6, 6.07) is 29.8. The number of para-hydroxylation sites is 1. The first-order chi connectivity index (χ1) is 14.8. The predicted molar refractivity (Wildman–Crippen MR) is 120 cm³/mol. The van der Waals surface area contributed by atoms with Crippen LogP contribution >= 0.6 is 0 Å². The Morgan fingerprint density at radius 1 is 0.800 bits per heavy atom. The standard InChI is InChI=1S/C25H24N4O/c30-24(27-23-14-8-3-9-15-23)19-29-18-22(17-26-16-20-10-4-1-5-11-20)25(28-29)21-12-6-2-7-13-21/h1-15,18,26H,16-17,19H2,(H,27,30). The molecule has 0 radical (unpaired) electrons. The number of rotatable bonds is 8. The molecule has 0 aliphatic heterocycles. The third kappa shape index (κ3) is 5.21. The summed E-state index contributed by atoms with van der Waals surface area (Å²) in [6.45, 7) is 1.60. The Morgan fingerprint density at radius 2 is 1.43 bits per heavy atom. The Labute approximate surface area is 176 Å². The van der Waals surface area contributed by atoms with Crippen LogP contribution in [0.4, 0.5) is 5.69 Å². The first kappa shape index (κ1) is 19.6. The van der Waals surface area contributed by atoms with Crippen LogP contribution in [0.2, 0.25) is 0 Å². The van der Waals surface area contributed by atoms with Gasteiger partial charge in [-0.05, 0) is 17.7 Å². The largest absolute Gasteiger partial charge is 0.324 e. The third-order valence-electron chi connectivity index (χ3n) is 4.74. The molecule has 0 saturated carbocycles. The van der Waals surface area contributed by atoms with Gasteiger partial charge in [-0.15, -0.1) is 0 Å². The van der Waals surface area contributed by atoms with Gasteiger partial charge in [-0.3, -0.25) is 9.48 Å². The highest BCUT2D eigenvalue weighted by Crippen LogP contribution is 2.22. The van der Waals surface area contributed by atoms with E-state index in [4.69, 9.17) is 5.10 Å². The van der Waals surface area contributed by atoms with E-state index in [0.717, 1.165) is 29.1 Å². The molecule has 5 heteroatoms. The zero-order valence-corrected chi connectivity index (χ0v) is 16.7. The van der Waals surface area contributed by atoms with Gasteiger partial charge in [-0.2, -0.15) is 5.10 Å². The third-order valence-corrected chi connectivity index (χ3v) is 4.74. The van der Waals surface area contributed by atoms with Gasteiger partial charge in [0.1, 0.15) is 6.54 Å². The second-order valence-electron chi connectivity index (χ2n) is 7.07. The number of hydrogen-bond acceptors (Lipinski definition) is 3. The summed E-state index contributed by atoms with van der Waals surface area (Å²) in [6.07, 6.45) is 1.95. The fraction of sp³-hybridized carbons (Fsp3) is 0.120. The van der Waals surface area contributed by atoms with Crippen LogP contribution in [0.3, 0.4) is 0 Å². The van der Waals surface area contributed by atoms with Crippen molar-refractivity contribution in [1.82, 2.24) is 15.1 Å². The lowest BCUT2D eigenvalue weighted by atomic mass is 10.1. The summed E-state index contributed by atoms with van der Waals surface area (Å²) < 4.78 is 1.71. The second kappa shape index (κ2) is 9.67. The number of amides is 1. The number of anilines is 1. The van der Waals surface area contributed by atoms with Crippen molar-refractivity contribution in [3.8, 4) is 11.3 Å². The summed E-state index contributed by atoms with van der Waals surface area (Å²) in [4.78, 5) is 12.5. The molecule has 3 aromatic carbocycles. The zero-order valence-electron chi connectivity index (χ0n) is 16.7. The van der Waals surface area contributed by atoms with Gasteiger partial charge >= 0.3 is 0 Å². The van der Waals surface area contributed by atoms with Crippen molar-refractivity contribution < 1.29 is 4.79 Å². The highest BCUT2D eigenvalue weighted by Gasteiger charge is 2.13. The number of aromatic nitrogens is 2. The van der Waals surface area contributed by atoms with E-state index < -0.39 is 0 Å². The summed E-state index contributed by atoms with van der Waals surface area (Å²) >= 11 is 0. The van der Waals surface area contributed by atoms with E-state index in [9.17, 15) is 4.79 Å². The summed E-state index contributed by atoms with van der Waals surface area (Å²) in [7, 11) is 0. The molecule has 0 atom stereocenters. The average Bonchev–Trinajstić information content (AvgIpc) is 3.18. The van der Waals surface area contributed by atoms with Crippen LogP contribution in [-0.4, -0.2) is 15.7 Å². The first-order valence-corrected chi connectivity index (χ1v) is 9.99. The van der Waals surface area contributed by atoms with Crippen LogP contribution in [0.5, 0.6) is 0 Å². The number of hydrogen-bond donors (Lipinski definition) is 2. The summed E-state index contributed by atoms with van der Waals surface area (Å²) in [5.41, 5.74) is 5.00. The molecule has 2 N–H and O–H groups in total. The van der Waals surface area contributed by atoms with Gasteiger partial charge in [0.05, 0.1) is 5.69 Å². The topological polar surface area (TPSA) is 59.0 Å². The molecule has 0 saturated heterocycles. The molecule has 30 heavy (non-hydrogen) atoms. The number of benzene rings is 3. The molecule has 1 heterocycles. The van der Waals surface area contributed by atoms with Crippen molar-refractivity contribution in [3.05, 3.63) is 108 Å². The Morgan fingerprint density at radius 3 is 2.13 bits per heavy atom. The molecule has 0 bridgehead atoms. The van der Waals surface area contributed by atoms with E-state index in [1.54, 1.807) is 4.68 Å². The lowest BCUT2D eigenvalue weighted by Gasteiger charge is -2.05. The minimum absolute atomic E-state index is 0.105. The lowest BCUT2D eigenvalue weighted by molar-refractivity contribution is -0.116. The molecule has 150 valence electrons. The van der Waals surface area contributed by atoms with Crippen molar-refractivity contribution in [3.63, 3.8) is 0 Å². The van der Waals surface area contributed by atoms with E-state index in [0.29, 0.717) is 6.54 Å². The molecule has 0 spiro atoms. The van der Waals surface area contributed by atoms with E-state index >= 15 is 0 Å². The smallest absolute Gasteiger partial charge is 0.246 e. The maximum atomic E-state index is 12.5.